The van der Waals surface area contributed by atoms with Crippen LogP contribution in [-0.4, -0.2) is 52.5 Å². The van der Waals surface area contributed by atoms with E-state index in [1.807, 2.05) is 48.2 Å². The lowest BCUT2D eigenvalue weighted by Gasteiger charge is -2.40. The Morgan fingerprint density at radius 1 is 1.03 bits per heavy atom. The Hall–Kier alpha value is -2.67. The normalized spacial score (nSPS) is 39.8. The molecule has 7 nitrogen and oxygen atoms in total. The van der Waals surface area contributed by atoms with Crippen molar-refractivity contribution in [2.45, 2.75) is 102 Å². The molecule has 1 aromatic carbocycles. The molecule has 2 N–H and O–H groups in total. The molecule has 38 heavy (non-hydrogen) atoms. The molecule has 204 valence electrons. The predicted octanol–water partition coefficient (Wildman–Crippen LogP) is 4.36. The van der Waals surface area contributed by atoms with Crippen molar-refractivity contribution in [3.05, 3.63) is 42.0 Å². The van der Waals surface area contributed by atoms with Crippen molar-refractivity contribution < 1.29 is 19.1 Å². The van der Waals surface area contributed by atoms with E-state index >= 15 is 0 Å². The van der Waals surface area contributed by atoms with Crippen LogP contribution in [0.2, 0.25) is 0 Å². The number of carbonyl (C=O) groups is 3. The van der Waals surface area contributed by atoms with Crippen molar-refractivity contribution in [2.75, 3.05) is 5.32 Å². The van der Waals surface area contributed by atoms with E-state index in [9.17, 15) is 14.4 Å². The molecule has 0 aromatic heterocycles. The average Bonchev–Trinajstić information content (AvgIpc) is 3.53. The van der Waals surface area contributed by atoms with Crippen molar-refractivity contribution in [1.29, 1.82) is 0 Å². The molecule has 3 heterocycles. The van der Waals surface area contributed by atoms with Crippen LogP contribution >= 0.6 is 0 Å². The molecular weight excluding hydrogens is 478 g/mol. The molecule has 2 bridgehead atoms. The zero-order valence-electron chi connectivity index (χ0n) is 22.8. The van der Waals surface area contributed by atoms with E-state index in [4.69, 9.17) is 4.74 Å². The smallest absolute Gasteiger partial charge is 0.246 e. The summed E-state index contributed by atoms with van der Waals surface area (Å²) in [4.78, 5) is 43.9. The van der Waals surface area contributed by atoms with Gasteiger partial charge in [-0.15, -0.1) is 0 Å². The Labute approximate surface area is 225 Å². The summed E-state index contributed by atoms with van der Waals surface area (Å²) in [6.45, 7) is 6.44. The van der Waals surface area contributed by atoms with Gasteiger partial charge in [0, 0.05) is 17.8 Å². The van der Waals surface area contributed by atoms with Crippen LogP contribution in [0.5, 0.6) is 0 Å². The Balaban J connectivity index is 1.32. The van der Waals surface area contributed by atoms with E-state index in [0.717, 1.165) is 50.5 Å². The third-order valence-electron chi connectivity index (χ3n) is 9.97. The van der Waals surface area contributed by atoms with E-state index in [1.165, 1.54) is 6.42 Å². The molecule has 3 amide bonds. The molecule has 7 heteroatoms. The second-order valence-electron chi connectivity index (χ2n) is 12.6. The standard InChI is InChI=1S/C31H41N3O4/c1-18-11-13-22(14-12-18)34-27(29(36)33-23-10-5-4-8-20(23)3)31-16-15-24(38-31)25(26(31)30(34)37)28(35)32-21-9-6-7-19(2)17-21/h6-7,9,15-18,20,22-27H,4-5,8,10-14H2,1-3H3,(H,32,35)(H,33,36)/t18?,20-,22?,23-,24+,25-,26+,27+,31+/m1/s1. The molecule has 0 radical (unpaired) electrons. The highest BCUT2D eigenvalue weighted by Gasteiger charge is 2.73. The van der Waals surface area contributed by atoms with Crippen LogP contribution in [0.4, 0.5) is 5.69 Å². The van der Waals surface area contributed by atoms with Gasteiger partial charge in [-0.3, -0.25) is 14.4 Å². The van der Waals surface area contributed by atoms with E-state index in [1.54, 1.807) is 0 Å². The zero-order valence-corrected chi connectivity index (χ0v) is 22.8. The fourth-order valence-corrected chi connectivity index (χ4v) is 7.86. The molecule has 0 unspecified atom stereocenters. The van der Waals surface area contributed by atoms with Crippen molar-refractivity contribution in [2.24, 2.45) is 23.7 Å². The number of benzene rings is 1. The van der Waals surface area contributed by atoms with Gasteiger partial charge in [-0.05, 0) is 75.0 Å². The van der Waals surface area contributed by atoms with Gasteiger partial charge in [0.2, 0.25) is 17.7 Å². The number of hydrogen-bond donors (Lipinski definition) is 2. The number of likely N-dealkylation sites (tertiary alicyclic amines) is 1. The summed E-state index contributed by atoms with van der Waals surface area (Å²) in [5, 5.41) is 6.37. The number of fused-ring (bicyclic) bond motifs is 1. The number of carbonyl (C=O) groups excluding carboxylic acids is 3. The summed E-state index contributed by atoms with van der Waals surface area (Å²) in [6, 6.07) is 7.03. The Bertz CT molecular complexity index is 1140. The largest absolute Gasteiger partial charge is 0.359 e. The van der Waals surface area contributed by atoms with Gasteiger partial charge < -0.3 is 20.3 Å². The number of anilines is 1. The third-order valence-corrected chi connectivity index (χ3v) is 9.97. The molecular formula is C31H41N3O4. The molecule has 5 aliphatic rings. The lowest BCUT2D eigenvalue weighted by molar-refractivity contribution is -0.145. The van der Waals surface area contributed by atoms with E-state index in [0.29, 0.717) is 17.5 Å². The fourth-order valence-electron chi connectivity index (χ4n) is 7.86. The highest BCUT2D eigenvalue weighted by molar-refractivity contribution is 6.03. The van der Waals surface area contributed by atoms with Gasteiger partial charge in [0.05, 0.1) is 17.9 Å². The molecule has 3 aliphatic heterocycles. The second-order valence-corrected chi connectivity index (χ2v) is 12.6. The number of nitrogens with one attached hydrogen (secondary N) is 2. The van der Waals surface area contributed by atoms with E-state index in [-0.39, 0.29) is 29.8 Å². The molecule has 1 spiro atoms. The summed E-state index contributed by atoms with van der Waals surface area (Å²) in [5.74, 6) is -0.765. The van der Waals surface area contributed by atoms with Gasteiger partial charge in [-0.25, -0.2) is 0 Å². The van der Waals surface area contributed by atoms with Crippen LogP contribution in [-0.2, 0) is 19.1 Å². The first-order valence-electron chi connectivity index (χ1n) is 14.7. The Morgan fingerprint density at radius 2 is 1.79 bits per heavy atom. The predicted molar refractivity (Wildman–Crippen MR) is 145 cm³/mol. The fraction of sp³-hybridized carbons (Fsp3) is 0.645. The highest BCUT2D eigenvalue weighted by atomic mass is 16.5. The van der Waals surface area contributed by atoms with Gasteiger partial charge in [0.15, 0.2) is 0 Å². The van der Waals surface area contributed by atoms with Crippen molar-refractivity contribution in [3.8, 4) is 0 Å². The maximum Gasteiger partial charge on any atom is 0.246 e. The Kier molecular flexibility index (Phi) is 6.61. The molecule has 7 atom stereocenters. The first-order chi connectivity index (χ1) is 18.3. The van der Waals surface area contributed by atoms with E-state index in [2.05, 4.69) is 24.5 Å². The van der Waals surface area contributed by atoms with Gasteiger partial charge in [0.25, 0.3) is 0 Å². The van der Waals surface area contributed by atoms with Crippen LogP contribution < -0.4 is 10.6 Å². The quantitative estimate of drug-likeness (QED) is 0.566. The SMILES string of the molecule is Cc1cccc(NC(=O)[C@@H]2[C@@H]3C=C[C@]4(O3)[C@@H]2C(=O)N(C2CCC(C)CC2)[C@H]4C(=O)N[C@@H]2CCCC[C@H]2C)c1. The minimum Gasteiger partial charge on any atom is -0.359 e. The number of nitrogens with zero attached hydrogens (tertiary/aromatic N) is 1. The summed E-state index contributed by atoms with van der Waals surface area (Å²) < 4.78 is 6.55. The summed E-state index contributed by atoms with van der Waals surface area (Å²) in [5.41, 5.74) is 0.660. The molecule has 2 aliphatic carbocycles. The van der Waals surface area contributed by atoms with Crippen LogP contribution in [0, 0.1) is 30.6 Å². The first-order valence-corrected chi connectivity index (χ1v) is 14.7. The van der Waals surface area contributed by atoms with Crippen LogP contribution in [0.15, 0.2) is 36.4 Å². The van der Waals surface area contributed by atoms with Crippen molar-refractivity contribution >= 4 is 23.4 Å². The van der Waals surface area contributed by atoms with Crippen LogP contribution in [0.1, 0.15) is 70.8 Å². The lowest BCUT2D eigenvalue weighted by Crippen LogP contribution is -2.59. The van der Waals surface area contributed by atoms with Crippen LogP contribution in [0.3, 0.4) is 0 Å². The van der Waals surface area contributed by atoms with Crippen LogP contribution in [0.25, 0.3) is 0 Å². The maximum absolute atomic E-state index is 14.3. The maximum atomic E-state index is 14.3. The number of amides is 3. The van der Waals surface area contributed by atoms with Gasteiger partial charge in [0.1, 0.15) is 11.6 Å². The van der Waals surface area contributed by atoms with E-state index < -0.39 is 29.6 Å². The summed E-state index contributed by atoms with van der Waals surface area (Å²) in [7, 11) is 0. The van der Waals surface area contributed by atoms with Gasteiger partial charge in [-0.1, -0.05) is 51.0 Å². The number of ether oxygens (including phenoxy) is 1. The lowest BCUT2D eigenvalue weighted by atomic mass is 9.74. The molecule has 4 fully saturated rings. The number of aryl methyl sites for hydroxylation is 1. The third kappa shape index (κ3) is 4.18. The minimum atomic E-state index is -1.10. The summed E-state index contributed by atoms with van der Waals surface area (Å²) in [6.07, 6.45) is 11.5. The molecule has 2 saturated carbocycles. The van der Waals surface area contributed by atoms with Crippen molar-refractivity contribution in [3.63, 3.8) is 0 Å². The Morgan fingerprint density at radius 3 is 2.53 bits per heavy atom. The first kappa shape index (κ1) is 25.6. The highest BCUT2D eigenvalue weighted by Crippen LogP contribution is 2.56. The molecule has 1 aromatic rings. The second kappa shape index (κ2) is 9.82. The molecule has 6 rings (SSSR count). The number of hydrogen-bond acceptors (Lipinski definition) is 4. The van der Waals surface area contributed by atoms with Gasteiger partial charge in [-0.2, -0.15) is 0 Å². The summed E-state index contributed by atoms with van der Waals surface area (Å²) >= 11 is 0. The van der Waals surface area contributed by atoms with Crippen molar-refractivity contribution in [1.82, 2.24) is 10.2 Å². The zero-order chi connectivity index (χ0) is 26.6. The monoisotopic (exact) mass is 519 g/mol. The topological polar surface area (TPSA) is 87.7 Å². The average molecular weight is 520 g/mol. The number of rotatable bonds is 5. The van der Waals surface area contributed by atoms with Gasteiger partial charge >= 0.3 is 0 Å². The minimum absolute atomic E-state index is 0.00487. The molecule has 2 saturated heterocycles.